The van der Waals surface area contributed by atoms with Crippen LogP contribution < -0.4 is 10.6 Å². The molecule has 3 N–H and O–H groups in total. The number of nitrogens with one attached hydrogen (secondary N) is 2. The minimum absolute atomic E-state index is 0.0253. The summed E-state index contributed by atoms with van der Waals surface area (Å²) in [7, 11) is 0. The molecule has 4 rings (SSSR count). The predicted molar refractivity (Wildman–Crippen MR) is 113 cm³/mol. The van der Waals surface area contributed by atoms with Crippen molar-refractivity contribution in [3.8, 4) is 0 Å². The minimum Gasteiger partial charge on any atom is -0.393 e. The predicted octanol–water partition coefficient (Wildman–Crippen LogP) is 5.36. The van der Waals surface area contributed by atoms with Gasteiger partial charge in [-0.25, -0.2) is 4.79 Å². The Morgan fingerprint density at radius 1 is 0.903 bits per heavy atom. The number of fused-ring (bicyclic) bond motifs is 1. The smallest absolute Gasteiger partial charge is 0.393 e. The molecule has 1 aromatic rings. The zero-order chi connectivity index (χ0) is 22.0. The van der Waals surface area contributed by atoms with Crippen molar-refractivity contribution < 1.29 is 23.1 Å². The highest BCUT2D eigenvalue weighted by molar-refractivity contribution is 5.74. The number of amides is 2. The summed E-state index contributed by atoms with van der Waals surface area (Å²) in [5.41, 5.74) is 0.283. The van der Waals surface area contributed by atoms with Crippen molar-refractivity contribution in [2.24, 2.45) is 11.8 Å². The van der Waals surface area contributed by atoms with Gasteiger partial charge in [-0.15, -0.1) is 0 Å². The number of urea groups is 1. The number of rotatable bonds is 3. The summed E-state index contributed by atoms with van der Waals surface area (Å²) in [6.07, 6.45) is 4.87. The molecule has 0 spiro atoms. The number of benzene rings is 1. The highest BCUT2D eigenvalue weighted by Gasteiger charge is 2.38. The number of halogens is 3. The van der Waals surface area contributed by atoms with Gasteiger partial charge in [-0.2, -0.15) is 13.2 Å². The third-order valence-electron chi connectivity index (χ3n) is 7.66. The highest BCUT2D eigenvalue weighted by Crippen LogP contribution is 2.41. The van der Waals surface area contributed by atoms with Gasteiger partial charge in [-0.1, -0.05) is 31.4 Å². The summed E-state index contributed by atoms with van der Waals surface area (Å²) in [6, 6.07) is 5.44. The standard InChI is InChI=1S/C24H33F3N2O2/c25-24(26,27)18-10-7-15(8-11-18)17-4-1-5-19(13-17)28-23(31)29-22-6-2-3-16-9-12-20(30)14-21(16)22/h7-8,10-11,16-17,19-22,30H,1-6,9,12-14H2,(H2,28,29,31)/t16?,17-,19?,20?,21?,22?/m1/s1. The second-order valence-corrected chi connectivity index (χ2v) is 9.73. The molecule has 3 fully saturated rings. The van der Waals surface area contributed by atoms with Gasteiger partial charge in [0, 0.05) is 12.1 Å². The molecule has 7 heteroatoms. The van der Waals surface area contributed by atoms with E-state index in [-0.39, 0.29) is 30.1 Å². The zero-order valence-electron chi connectivity index (χ0n) is 17.8. The van der Waals surface area contributed by atoms with E-state index in [0.29, 0.717) is 11.8 Å². The van der Waals surface area contributed by atoms with E-state index < -0.39 is 11.7 Å². The van der Waals surface area contributed by atoms with E-state index in [1.165, 1.54) is 6.42 Å². The number of hydrogen-bond acceptors (Lipinski definition) is 2. The summed E-state index contributed by atoms with van der Waals surface area (Å²) < 4.78 is 38.4. The Morgan fingerprint density at radius 2 is 1.65 bits per heavy atom. The quantitative estimate of drug-likeness (QED) is 0.595. The molecule has 0 heterocycles. The molecule has 6 atom stereocenters. The molecule has 1 aromatic carbocycles. The summed E-state index contributed by atoms with van der Waals surface area (Å²) in [5.74, 6) is 1.12. The fraction of sp³-hybridized carbons (Fsp3) is 0.708. The van der Waals surface area contributed by atoms with Crippen LogP contribution >= 0.6 is 0 Å². The average Bonchev–Trinajstić information content (AvgIpc) is 2.74. The molecular formula is C24H33F3N2O2. The van der Waals surface area contributed by atoms with Gasteiger partial charge in [0.05, 0.1) is 11.7 Å². The van der Waals surface area contributed by atoms with Crippen molar-refractivity contribution >= 4 is 6.03 Å². The molecule has 3 saturated carbocycles. The van der Waals surface area contributed by atoms with Crippen LogP contribution in [0.2, 0.25) is 0 Å². The van der Waals surface area contributed by atoms with Crippen LogP contribution in [-0.4, -0.2) is 29.3 Å². The third kappa shape index (κ3) is 5.54. The monoisotopic (exact) mass is 438 g/mol. The van der Waals surface area contributed by atoms with E-state index in [2.05, 4.69) is 10.6 Å². The van der Waals surface area contributed by atoms with Crippen LogP contribution in [0.4, 0.5) is 18.0 Å². The molecule has 0 aromatic heterocycles. The Hall–Kier alpha value is -1.76. The Kier molecular flexibility index (Phi) is 6.80. The number of aliphatic hydroxyl groups excluding tert-OH is 1. The van der Waals surface area contributed by atoms with Crippen LogP contribution in [0.15, 0.2) is 24.3 Å². The second kappa shape index (κ2) is 9.39. The first-order valence-corrected chi connectivity index (χ1v) is 11.7. The summed E-state index contributed by atoms with van der Waals surface area (Å²) in [6.45, 7) is 0. The van der Waals surface area contributed by atoms with Gasteiger partial charge in [0.1, 0.15) is 0 Å². The van der Waals surface area contributed by atoms with Crippen molar-refractivity contribution in [1.82, 2.24) is 10.6 Å². The van der Waals surface area contributed by atoms with E-state index in [1.807, 2.05) is 0 Å². The van der Waals surface area contributed by atoms with Crippen molar-refractivity contribution in [1.29, 1.82) is 0 Å². The molecule has 4 nitrogen and oxygen atoms in total. The Labute approximate surface area is 182 Å². The molecule has 0 saturated heterocycles. The second-order valence-electron chi connectivity index (χ2n) is 9.73. The Bertz CT molecular complexity index is 752. The first kappa shape index (κ1) is 22.4. The summed E-state index contributed by atoms with van der Waals surface area (Å²) in [5, 5.41) is 16.4. The first-order chi connectivity index (χ1) is 14.8. The number of aliphatic hydroxyl groups is 1. The number of hydrogen-bond donors (Lipinski definition) is 3. The molecule has 3 aliphatic rings. The number of carbonyl (C=O) groups is 1. The van der Waals surface area contributed by atoms with Crippen LogP contribution in [0.1, 0.15) is 81.3 Å². The normalized spacial score (nSPS) is 33.9. The van der Waals surface area contributed by atoms with Crippen LogP contribution in [0, 0.1) is 11.8 Å². The SMILES string of the molecule is O=C(NC1CCC[C@@H](c2ccc(C(F)(F)F)cc2)C1)NC1CCCC2CCC(O)CC21. The van der Waals surface area contributed by atoms with E-state index in [0.717, 1.165) is 75.5 Å². The van der Waals surface area contributed by atoms with Gasteiger partial charge in [-0.3, -0.25) is 0 Å². The number of alkyl halides is 3. The van der Waals surface area contributed by atoms with Gasteiger partial charge >= 0.3 is 12.2 Å². The lowest BCUT2D eigenvalue weighted by atomic mass is 9.67. The van der Waals surface area contributed by atoms with Crippen molar-refractivity contribution in [3.63, 3.8) is 0 Å². The molecule has 5 unspecified atom stereocenters. The fourth-order valence-electron chi connectivity index (χ4n) is 6.05. The van der Waals surface area contributed by atoms with E-state index in [4.69, 9.17) is 0 Å². The average molecular weight is 439 g/mol. The Morgan fingerprint density at radius 3 is 2.39 bits per heavy atom. The largest absolute Gasteiger partial charge is 0.416 e. The van der Waals surface area contributed by atoms with Gasteiger partial charge in [0.25, 0.3) is 0 Å². The molecule has 0 bridgehead atoms. The van der Waals surface area contributed by atoms with E-state index >= 15 is 0 Å². The molecule has 172 valence electrons. The van der Waals surface area contributed by atoms with Gasteiger partial charge < -0.3 is 15.7 Å². The maximum atomic E-state index is 12.8. The van der Waals surface area contributed by atoms with Crippen molar-refractivity contribution in [2.45, 2.75) is 94.5 Å². The van der Waals surface area contributed by atoms with Gasteiger partial charge in [-0.05, 0) is 80.4 Å². The molecule has 0 radical (unpaired) electrons. The molecular weight excluding hydrogens is 405 g/mol. The lowest BCUT2D eigenvalue weighted by molar-refractivity contribution is -0.137. The highest BCUT2D eigenvalue weighted by atomic mass is 19.4. The van der Waals surface area contributed by atoms with Gasteiger partial charge in [0.15, 0.2) is 0 Å². The van der Waals surface area contributed by atoms with Crippen molar-refractivity contribution in [2.75, 3.05) is 0 Å². The van der Waals surface area contributed by atoms with Crippen LogP contribution in [0.3, 0.4) is 0 Å². The molecule has 3 aliphatic carbocycles. The van der Waals surface area contributed by atoms with E-state index in [9.17, 15) is 23.1 Å². The van der Waals surface area contributed by atoms with E-state index in [1.54, 1.807) is 12.1 Å². The van der Waals surface area contributed by atoms with Crippen LogP contribution in [-0.2, 0) is 6.18 Å². The third-order valence-corrected chi connectivity index (χ3v) is 7.66. The lowest BCUT2D eigenvalue weighted by Crippen LogP contribution is -2.53. The van der Waals surface area contributed by atoms with Crippen LogP contribution in [0.5, 0.6) is 0 Å². The maximum absolute atomic E-state index is 12.8. The van der Waals surface area contributed by atoms with Crippen molar-refractivity contribution in [3.05, 3.63) is 35.4 Å². The number of carbonyl (C=O) groups excluding carboxylic acids is 1. The molecule has 2 amide bonds. The molecule has 31 heavy (non-hydrogen) atoms. The van der Waals surface area contributed by atoms with Crippen LogP contribution in [0.25, 0.3) is 0 Å². The summed E-state index contributed by atoms with van der Waals surface area (Å²) in [4.78, 5) is 12.7. The topological polar surface area (TPSA) is 61.4 Å². The minimum atomic E-state index is -4.32. The summed E-state index contributed by atoms with van der Waals surface area (Å²) >= 11 is 0. The maximum Gasteiger partial charge on any atom is 0.416 e. The van der Waals surface area contributed by atoms with Gasteiger partial charge in [0.2, 0.25) is 0 Å². The molecule has 0 aliphatic heterocycles. The zero-order valence-corrected chi connectivity index (χ0v) is 17.8. The lowest BCUT2D eigenvalue weighted by Gasteiger charge is -2.43. The fourth-order valence-corrected chi connectivity index (χ4v) is 6.05. The first-order valence-electron chi connectivity index (χ1n) is 11.7. The Balaban J connectivity index is 1.31.